The minimum absolute atomic E-state index is 0.00741. The Kier molecular flexibility index (Phi) is 4.20. The minimum atomic E-state index is -4.54. The van der Waals surface area contributed by atoms with Gasteiger partial charge < -0.3 is 15.8 Å². The van der Waals surface area contributed by atoms with Gasteiger partial charge in [-0.25, -0.2) is 4.79 Å². The molecule has 0 aliphatic carbocycles. The molecule has 8 nitrogen and oxygen atoms in total. The molecule has 26 heavy (non-hydrogen) atoms. The topological polar surface area (TPSA) is 118 Å². The number of oxime groups is 1. The summed E-state index contributed by atoms with van der Waals surface area (Å²) in [5.41, 5.74) is 4.80. The Morgan fingerprint density at radius 3 is 2.73 bits per heavy atom. The van der Waals surface area contributed by atoms with E-state index in [1.54, 1.807) is 0 Å². The first-order chi connectivity index (χ1) is 12.3. The summed E-state index contributed by atoms with van der Waals surface area (Å²) < 4.78 is 42.4. The van der Waals surface area contributed by atoms with Gasteiger partial charge in [-0.1, -0.05) is 17.3 Å². The van der Waals surface area contributed by atoms with Gasteiger partial charge in [-0.2, -0.15) is 13.2 Å². The molecule has 0 aliphatic heterocycles. The molecule has 3 aromatic rings. The number of nitrogens with zero attached hydrogens (tertiary/aromatic N) is 3. The van der Waals surface area contributed by atoms with E-state index in [1.165, 1.54) is 24.3 Å². The number of hydrogen-bond donors (Lipinski definition) is 1. The van der Waals surface area contributed by atoms with Crippen molar-refractivity contribution in [2.75, 3.05) is 0 Å². The second-order valence-corrected chi connectivity index (χ2v) is 5.07. The van der Waals surface area contributed by atoms with Crippen LogP contribution in [0, 0.1) is 5.21 Å². The first kappa shape index (κ1) is 17.2. The SMILES string of the molecule is N/C(=N\OC(=O)c1ccc2c(c1)no[n+]2[O-])c1cccc(C(F)(F)F)c1. The zero-order chi connectivity index (χ0) is 18.9. The van der Waals surface area contributed by atoms with Gasteiger partial charge in [-0.05, 0) is 29.2 Å². The second-order valence-electron chi connectivity index (χ2n) is 5.07. The monoisotopic (exact) mass is 366 g/mol. The van der Waals surface area contributed by atoms with Gasteiger partial charge in [-0.15, -0.1) is 0 Å². The number of carbonyl (C=O) groups is 1. The predicted molar refractivity (Wildman–Crippen MR) is 80.6 cm³/mol. The number of nitrogens with two attached hydrogens (primary N) is 1. The average Bonchev–Trinajstić information content (AvgIpc) is 2.99. The first-order valence-electron chi connectivity index (χ1n) is 6.97. The molecule has 0 aliphatic rings. The van der Waals surface area contributed by atoms with Crippen LogP contribution in [-0.4, -0.2) is 17.0 Å². The van der Waals surface area contributed by atoms with Gasteiger partial charge in [0, 0.05) is 16.8 Å². The molecule has 0 bridgehead atoms. The molecule has 3 rings (SSSR count). The van der Waals surface area contributed by atoms with Crippen molar-refractivity contribution >= 4 is 22.8 Å². The van der Waals surface area contributed by atoms with Gasteiger partial charge in [0.2, 0.25) is 11.0 Å². The molecule has 1 aromatic heterocycles. The van der Waals surface area contributed by atoms with Crippen molar-refractivity contribution < 1.29 is 32.3 Å². The Labute approximate surface area is 142 Å². The van der Waals surface area contributed by atoms with Gasteiger partial charge in [-0.3, -0.25) is 4.63 Å². The zero-order valence-electron chi connectivity index (χ0n) is 12.7. The summed E-state index contributed by atoms with van der Waals surface area (Å²) in [5, 5.41) is 18.0. The van der Waals surface area contributed by atoms with Gasteiger partial charge in [0.1, 0.15) is 0 Å². The van der Waals surface area contributed by atoms with Crippen molar-refractivity contribution in [1.29, 1.82) is 0 Å². The summed E-state index contributed by atoms with van der Waals surface area (Å²) in [4.78, 5) is 16.7. The zero-order valence-corrected chi connectivity index (χ0v) is 12.7. The van der Waals surface area contributed by atoms with E-state index in [0.717, 1.165) is 18.2 Å². The highest BCUT2D eigenvalue weighted by atomic mass is 19.4. The summed E-state index contributed by atoms with van der Waals surface area (Å²) in [6.45, 7) is 0. The van der Waals surface area contributed by atoms with E-state index < -0.39 is 23.5 Å². The van der Waals surface area contributed by atoms with Gasteiger partial charge in [0.25, 0.3) is 0 Å². The molecule has 0 amide bonds. The average molecular weight is 366 g/mol. The van der Waals surface area contributed by atoms with E-state index >= 15 is 0 Å². The Hall–Kier alpha value is -3.63. The number of halogens is 3. The van der Waals surface area contributed by atoms with E-state index in [0.29, 0.717) is 0 Å². The maximum atomic E-state index is 12.7. The third kappa shape index (κ3) is 3.41. The van der Waals surface area contributed by atoms with Crippen LogP contribution in [0.3, 0.4) is 0 Å². The van der Waals surface area contributed by atoms with E-state index in [2.05, 4.69) is 19.8 Å². The molecule has 0 fully saturated rings. The van der Waals surface area contributed by atoms with Gasteiger partial charge >= 0.3 is 12.1 Å². The van der Waals surface area contributed by atoms with E-state index in [4.69, 9.17) is 5.73 Å². The Morgan fingerprint density at radius 1 is 1.23 bits per heavy atom. The maximum Gasteiger partial charge on any atom is 0.416 e. The van der Waals surface area contributed by atoms with Crippen molar-refractivity contribution in [2.45, 2.75) is 6.18 Å². The fraction of sp³-hybridized carbons (Fsp3) is 0.0667. The summed E-state index contributed by atoms with van der Waals surface area (Å²) >= 11 is 0. The second kappa shape index (κ2) is 6.35. The molecule has 0 saturated carbocycles. The van der Waals surface area contributed by atoms with Crippen LogP contribution in [0.4, 0.5) is 13.2 Å². The van der Waals surface area contributed by atoms with Crippen LogP contribution < -0.4 is 10.6 Å². The molecule has 134 valence electrons. The lowest BCUT2D eigenvalue weighted by Gasteiger charge is -2.08. The molecule has 0 radical (unpaired) electrons. The number of rotatable bonds is 3. The van der Waals surface area contributed by atoms with Crippen LogP contribution in [0.25, 0.3) is 11.0 Å². The Bertz CT molecular complexity index is 1010. The lowest BCUT2D eigenvalue weighted by molar-refractivity contribution is -0.782. The maximum absolute atomic E-state index is 12.7. The molecule has 0 saturated heterocycles. The molecule has 0 atom stereocenters. The van der Waals surface area contributed by atoms with E-state index in [-0.39, 0.29) is 27.1 Å². The third-order valence-corrected chi connectivity index (χ3v) is 3.33. The molecule has 2 N–H and O–H groups in total. The number of carbonyl (C=O) groups excluding carboxylic acids is 1. The quantitative estimate of drug-likeness (QED) is 0.249. The van der Waals surface area contributed by atoms with Crippen molar-refractivity contribution in [3.8, 4) is 0 Å². The Balaban J connectivity index is 1.78. The lowest BCUT2D eigenvalue weighted by atomic mass is 10.1. The van der Waals surface area contributed by atoms with Crippen LogP contribution >= 0.6 is 0 Å². The summed E-state index contributed by atoms with van der Waals surface area (Å²) in [6.07, 6.45) is -4.54. The first-order valence-corrected chi connectivity index (χ1v) is 6.97. The van der Waals surface area contributed by atoms with E-state index in [1.807, 2.05) is 0 Å². The number of fused-ring (bicyclic) bond motifs is 1. The van der Waals surface area contributed by atoms with Crippen molar-refractivity contribution in [3.63, 3.8) is 0 Å². The van der Waals surface area contributed by atoms with Crippen LogP contribution in [0.5, 0.6) is 0 Å². The van der Waals surface area contributed by atoms with Crippen molar-refractivity contribution in [1.82, 2.24) is 5.16 Å². The van der Waals surface area contributed by atoms with Crippen LogP contribution in [0.15, 0.2) is 52.2 Å². The molecule has 0 unspecified atom stereocenters. The van der Waals surface area contributed by atoms with Crippen LogP contribution in [0.2, 0.25) is 0 Å². The van der Waals surface area contributed by atoms with E-state index in [9.17, 15) is 23.2 Å². The summed E-state index contributed by atoms with van der Waals surface area (Å²) in [5.74, 6) is -1.35. The number of hydrogen-bond acceptors (Lipinski definition) is 6. The standard InChI is InChI=1S/C15H9F3N4O4/c16-15(17,18)10-3-1-2-8(6-10)13(19)21-25-14(23)9-4-5-12-11(7-9)20-26-22(12)24/h1-7H,(H2,19,21). The molecular formula is C15H9F3N4O4. The number of alkyl halides is 3. The third-order valence-electron chi connectivity index (χ3n) is 3.33. The Morgan fingerprint density at radius 2 is 2.00 bits per heavy atom. The fourth-order valence-electron chi connectivity index (χ4n) is 2.05. The van der Waals surface area contributed by atoms with Gasteiger partial charge in [0.15, 0.2) is 5.84 Å². The molecule has 0 spiro atoms. The number of aromatic nitrogens is 2. The molecule has 11 heteroatoms. The molecule has 2 aromatic carbocycles. The van der Waals surface area contributed by atoms with Crippen molar-refractivity contribution in [3.05, 3.63) is 64.4 Å². The normalized spacial score (nSPS) is 12.3. The fourth-order valence-corrected chi connectivity index (χ4v) is 2.05. The largest absolute Gasteiger partial charge is 0.416 e. The predicted octanol–water partition coefficient (Wildman–Crippen LogP) is 1.96. The lowest BCUT2D eigenvalue weighted by Crippen LogP contribution is -2.22. The highest BCUT2D eigenvalue weighted by Crippen LogP contribution is 2.29. The number of benzene rings is 2. The van der Waals surface area contributed by atoms with Gasteiger partial charge in [0.05, 0.1) is 11.1 Å². The highest BCUT2D eigenvalue weighted by molar-refractivity contribution is 5.98. The van der Waals surface area contributed by atoms with Crippen LogP contribution in [0.1, 0.15) is 21.5 Å². The van der Waals surface area contributed by atoms with Crippen LogP contribution in [-0.2, 0) is 11.0 Å². The minimum Gasteiger partial charge on any atom is -0.380 e. The summed E-state index contributed by atoms with van der Waals surface area (Å²) in [7, 11) is 0. The number of amidine groups is 1. The van der Waals surface area contributed by atoms with Crippen molar-refractivity contribution in [2.24, 2.45) is 10.9 Å². The summed E-state index contributed by atoms with van der Waals surface area (Å²) in [6, 6.07) is 7.88. The highest BCUT2D eigenvalue weighted by Gasteiger charge is 2.30. The molecular weight excluding hydrogens is 357 g/mol. The smallest absolute Gasteiger partial charge is 0.380 e. The molecule has 1 heterocycles.